The summed E-state index contributed by atoms with van der Waals surface area (Å²) in [4.78, 5) is 48.7. The van der Waals surface area contributed by atoms with Gasteiger partial charge in [0.15, 0.2) is 0 Å². The van der Waals surface area contributed by atoms with Crippen LogP contribution >= 0.6 is 0 Å². The van der Waals surface area contributed by atoms with Crippen molar-refractivity contribution in [3.05, 3.63) is 69.3 Å². The monoisotopic (exact) mass is 580 g/mol. The summed E-state index contributed by atoms with van der Waals surface area (Å²) in [5, 5.41) is 25.9. The number of carboxylic acid groups (broad SMARTS) is 2. The van der Waals surface area contributed by atoms with Crippen molar-refractivity contribution in [3.63, 3.8) is 0 Å². The van der Waals surface area contributed by atoms with Crippen LogP contribution in [0.5, 0.6) is 0 Å². The van der Waals surface area contributed by atoms with Gasteiger partial charge in [-0.3, -0.25) is 9.59 Å². The molecule has 1 amide bonds. The van der Waals surface area contributed by atoms with Crippen molar-refractivity contribution in [1.82, 2.24) is 10.3 Å². The molecule has 2 aromatic carbocycles. The van der Waals surface area contributed by atoms with E-state index in [1.807, 2.05) is 0 Å². The SMILES string of the molecule is CNc1cc(F)cc2cc(C(=O)Nc3ccc(C(=O)O)cc3CNC3CCCCC3)c(=O)[nH]c12.O=C(O)C(F)(F)F. The second-order valence-corrected chi connectivity index (χ2v) is 9.33. The minimum atomic E-state index is -5.08. The summed E-state index contributed by atoms with van der Waals surface area (Å²) in [6.45, 7) is 0.381. The smallest absolute Gasteiger partial charge is 0.478 e. The molecule has 6 N–H and O–H groups in total. The number of alkyl halides is 3. The number of aromatic amines is 1. The van der Waals surface area contributed by atoms with Gasteiger partial charge >= 0.3 is 18.1 Å². The average molecular weight is 581 g/mol. The molecule has 4 rings (SSSR count). The summed E-state index contributed by atoms with van der Waals surface area (Å²) >= 11 is 0. The summed E-state index contributed by atoms with van der Waals surface area (Å²) in [7, 11) is 1.61. The Kier molecular flexibility index (Phi) is 10.1. The largest absolute Gasteiger partial charge is 0.490 e. The van der Waals surface area contributed by atoms with Gasteiger partial charge in [0.25, 0.3) is 11.5 Å². The minimum absolute atomic E-state index is 0.108. The van der Waals surface area contributed by atoms with Crippen LogP contribution in [0.3, 0.4) is 0 Å². The van der Waals surface area contributed by atoms with Gasteiger partial charge in [0.1, 0.15) is 11.4 Å². The van der Waals surface area contributed by atoms with Crippen molar-refractivity contribution in [2.75, 3.05) is 17.7 Å². The lowest BCUT2D eigenvalue weighted by atomic mass is 9.95. The van der Waals surface area contributed by atoms with E-state index in [4.69, 9.17) is 9.90 Å². The van der Waals surface area contributed by atoms with E-state index in [9.17, 15) is 37.1 Å². The van der Waals surface area contributed by atoms with Crippen molar-refractivity contribution < 1.29 is 42.2 Å². The third-order valence-corrected chi connectivity index (χ3v) is 6.46. The molecule has 14 heteroatoms. The van der Waals surface area contributed by atoms with Gasteiger partial charge in [0.05, 0.1) is 16.8 Å². The summed E-state index contributed by atoms with van der Waals surface area (Å²) < 4.78 is 45.7. The van der Waals surface area contributed by atoms with Crippen LogP contribution in [0.4, 0.5) is 28.9 Å². The Balaban J connectivity index is 0.000000587. The first kappa shape index (κ1) is 31.1. The van der Waals surface area contributed by atoms with Crippen molar-refractivity contribution >= 4 is 40.1 Å². The molecule has 1 fully saturated rings. The number of halogens is 4. The van der Waals surface area contributed by atoms with Crippen molar-refractivity contribution in [1.29, 1.82) is 0 Å². The molecule has 1 saturated carbocycles. The lowest BCUT2D eigenvalue weighted by Gasteiger charge is -2.23. The Morgan fingerprint density at radius 1 is 1.00 bits per heavy atom. The molecule has 1 heterocycles. The van der Waals surface area contributed by atoms with Gasteiger partial charge in [-0.25, -0.2) is 14.0 Å². The molecule has 0 radical (unpaired) electrons. The summed E-state index contributed by atoms with van der Waals surface area (Å²) in [5.74, 6) is -4.99. The van der Waals surface area contributed by atoms with Gasteiger partial charge in [0.2, 0.25) is 0 Å². The number of hydrogen-bond acceptors (Lipinski definition) is 6. The molecule has 1 aliphatic rings. The van der Waals surface area contributed by atoms with Crippen molar-refractivity contribution in [2.45, 2.75) is 50.9 Å². The van der Waals surface area contributed by atoms with Gasteiger partial charge in [-0.15, -0.1) is 0 Å². The number of benzene rings is 2. The first-order valence-corrected chi connectivity index (χ1v) is 12.6. The molecule has 3 aromatic rings. The Bertz CT molecular complexity index is 1500. The standard InChI is InChI=1S/C25H27FN4O4.C2HF3O2/c1-27-21-12-17(26)10-15-11-19(24(32)30-22(15)21)23(31)29-20-8-7-14(25(33)34)9-16(20)13-28-18-5-3-2-4-6-18;3-2(4,5)1(6)7/h7-12,18,27-28H,2-6,13H2,1H3,(H,29,31)(H,30,32)(H,33,34);(H,6,7). The Morgan fingerprint density at radius 2 is 1.66 bits per heavy atom. The maximum atomic E-state index is 14.0. The number of carbonyl (C=O) groups excluding carboxylic acids is 1. The van der Waals surface area contributed by atoms with E-state index < -0.39 is 35.4 Å². The van der Waals surface area contributed by atoms with Gasteiger partial charge < -0.3 is 31.1 Å². The molecule has 0 unspecified atom stereocenters. The Labute approximate surface area is 230 Å². The highest BCUT2D eigenvalue weighted by Gasteiger charge is 2.38. The van der Waals surface area contributed by atoms with Crippen LogP contribution in [0.25, 0.3) is 10.9 Å². The number of nitrogens with one attached hydrogen (secondary N) is 4. The molecule has 0 atom stereocenters. The molecule has 0 spiro atoms. The second kappa shape index (κ2) is 13.3. The van der Waals surface area contributed by atoms with Crippen LogP contribution in [0.15, 0.2) is 41.2 Å². The van der Waals surface area contributed by atoms with Crippen molar-refractivity contribution in [3.8, 4) is 0 Å². The molecule has 1 aliphatic carbocycles. The molecular weight excluding hydrogens is 552 g/mol. The van der Waals surface area contributed by atoms with E-state index in [2.05, 4.69) is 20.9 Å². The van der Waals surface area contributed by atoms with E-state index >= 15 is 0 Å². The first-order chi connectivity index (χ1) is 19.3. The molecule has 0 aliphatic heterocycles. The topological polar surface area (TPSA) is 161 Å². The van der Waals surface area contributed by atoms with Gasteiger partial charge in [-0.1, -0.05) is 19.3 Å². The summed E-state index contributed by atoms with van der Waals surface area (Å²) in [6.07, 6.45) is 0.540. The number of aromatic nitrogens is 1. The zero-order chi connectivity index (χ0) is 30.3. The van der Waals surface area contributed by atoms with Crippen LogP contribution in [-0.4, -0.2) is 52.3 Å². The third kappa shape index (κ3) is 8.27. The number of carbonyl (C=O) groups is 3. The number of carboxylic acids is 2. The second-order valence-electron chi connectivity index (χ2n) is 9.33. The third-order valence-electron chi connectivity index (χ3n) is 6.46. The minimum Gasteiger partial charge on any atom is -0.478 e. The van der Waals surface area contributed by atoms with E-state index in [1.54, 1.807) is 7.05 Å². The zero-order valence-electron chi connectivity index (χ0n) is 21.8. The number of pyridine rings is 1. The predicted octanol–water partition coefficient (Wildman–Crippen LogP) is 4.72. The fourth-order valence-corrected chi connectivity index (χ4v) is 4.39. The van der Waals surface area contributed by atoms with Gasteiger partial charge in [-0.2, -0.15) is 13.2 Å². The summed E-state index contributed by atoms with van der Waals surface area (Å²) in [5.41, 5.74) is 1.14. The molecule has 0 bridgehead atoms. The maximum absolute atomic E-state index is 14.0. The average Bonchev–Trinajstić information content (AvgIpc) is 2.92. The number of amides is 1. The summed E-state index contributed by atoms with van der Waals surface area (Å²) in [6, 6.07) is 8.63. The number of hydrogen-bond donors (Lipinski definition) is 6. The highest BCUT2D eigenvalue weighted by molar-refractivity contribution is 6.07. The van der Waals surface area contributed by atoms with E-state index in [0.29, 0.717) is 40.4 Å². The Hall–Kier alpha value is -4.46. The molecular formula is C27H28F4N4O6. The number of aliphatic carboxylic acids is 1. The highest BCUT2D eigenvalue weighted by atomic mass is 19.4. The predicted molar refractivity (Wildman–Crippen MR) is 143 cm³/mol. The Morgan fingerprint density at radius 3 is 2.24 bits per heavy atom. The van der Waals surface area contributed by atoms with E-state index in [1.165, 1.54) is 42.8 Å². The van der Waals surface area contributed by atoms with Crippen molar-refractivity contribution in [2.24, 2.45) is 0 Å². The van der Waals surface area contributed by atoms with Crippen LogP contribution in [-0.2, 0) is 11.3 Å². The fourth-order valence-electron chi connectivity index (χ4n) is 4.39. The molecule has 0 saturated heterocycles. The van der Waals surface area contributed by atoms with Crippen LogP contribution < -0.4 is 21.5 Å². The molecule has 41 heavy (non-hydrogen) atoms. The van der Waals surface area contributed by atoms with Crippen LogP contribution in [0, 0.1) is 5.82 Å². The lowest BCUT2D eigenvalue weighted by molar-refractivity contribution is -0.192. The molecule has 10 nitrogen and oxygen atoms in total. The number of anilines is 2. The first-order valence-electron chi connectivity index (χ1n) is 12.6. The van der Waals surface area contributed by atoms with E-state index in [-0.39, 0.29) is 11.1 Å². The number of aromatic carboxylic acids is 1. The number of rotatable bonds is 7. The maximum Gasteiger partial charge on any atom is 0.490 e. The number of fused-ring (bicyclic) bond motifs is 1. The lowest BCUT2D eigenvalue weighted by Crippen LogP contribution is -2.31. The quantitative estimate of drug-likeness (QED) is 0.219. The molecule has 220 valence electrons. The van der Waals surface area contributed by atoms with Gasteiger partial charge in [-0.05, 0) is 54.8 Å². The number of H-pyrrole nitrogens is 1. The van der Waals surface area contributed by atoms with E-state index in [0.717, 1.165) is 25.7 Å². The zero-order valence-corrected chi connectivity index (χ0v) is 21.8. The normalized spacial score (nSPS) is 13.7. The fraction of sp³-hybridized carbons (Fsp3) is 0.333. The van der Waals surface area contributed by atoms with Gasteiger partial charge in [0, 0.05) is 30.7 Å². The van der Waals surface area contributed by atoms with Crippen LogP contribution in [0.1, 0.15) is 58.4 Å². The van der Waals surface area contributed by atoms with Crippen LogP contribution in [0.2, 0.25) is 0 Å². The highest BCUT2D eigenvalue weighted by Crippen LogP contribution is 2.24. The molecule has 1 aromatic heterocycles.